The first kappa shape index (κ1) is 14.5. The molecule has 1 aromatic carbocycles. The van der Waals surface area contributed by atoms with Crippen molar-refractivity contribution in [1.29, 1.82) is 0 Å². The molecule has 106 valence electrons. The van der Waals surface area contributed by atoms with Crippen molar-refractivity contribution in [3.8, 4) is 0 Å². The zero-order chi connectivity index (χ0) is 14.9. The summed E-state index contributed by atoms with van der Waals surface area (Å²) in [6.45, 7) is 3.26. The molecule has 3 nitrogen and oxygen atoms in total. The molecule has 1 N–H and O–H groups in total. The van der Waals surface area contributed by atoms with Gasteiger partial charge in [0.2, 0.25) is 0 Å². The Morgan fingerprint density at radius 3 is 2.35 bits per heavy atom. The van der Waals surface area contributed by atoms with E-state index >= 15 is 0 Å². The lowest BCUT2D eigenvalue weighted by atomic mass is 9.95. The maximum absolute atomic E-state index is 13.0. The highest BCUT2D eigenvalue weighted by atomic mass is 19.4. The lowest BCUT2D eigenvalue weighted by molar-refractivity contribution is -0.139. The number of hydrogen-bond donors (Lipinski definition) is 1. The van der Waals surface area contributed by atoms with Gasteiger partial charge in [-0.15, -0.1) is 0 Å². The standard InChI is InChI=1S/C14H13F3N2O/c1-8-7-11(9(2)19-18-8)13(20)10-5-3-4-6-12(10)14(15,16)17/h3-7,13,20H,1-2H3. The first-order chi connectivity index (χ1) is 9.30. The molecule has 1 atom stereocenters. The molecular weight excluding hydrogens is 269 g/mol. The molecule has 1 aromatic heterocycles. The van der Waals surface area contributed by atoms with Gasteiger partial charge in [0.25, 0.3) is 0 Å². The second-order valence-corrected chi connectivity index (χ2v) is 4.51. The molecule has 2 aromatic rings. The van der Waals surface area contributed by atoms with E-state index < -0.39 is 17.8 Å². The second kappa shape index (κ2) is 5.20. The number of rotatable bonds is 2. The number of alkyl halides is 3. The van der Waals surface area contributed by atoms with Crippen LogP contribution in [-0.2, 0) is 6.18 Å². The summed E-state index contributed by atoms with van der Waals surface area (Å²) in [5, 5.41) is 17.9. The molecule has 0 saturated heterocycles. The van der Waals surface area contributed by atoms with Crippen molar-refractivity contribution in [3.05, 3.63) is 58.4 Å². The molecule has 6 heteroatoms. The summed E-state index contributed by atoms with van der Waals surface area (Å²) in [6, 6.07) is 6.52. The van der Waals surface area contributed by atoms with E-state index in [0.717, 1.165) is 6.07 Å². The Morgan fingerprint density at radius 1 is 1.05 bits per heavy atom. The average Bonchev–Trinajstić information content (AvgIpc) is 2.40. The smallest absolute Gasteiger partial charge is 0.384 e. The van der Waals surface area contributed by atoms with E-state index in [1.54, 1.807) is 19.9 Å². The van der Waals surface area contributed by atoms with Gasteiger partial charge >= 0.3 is 6.18 Å². The van der Waals surface area contributed by atoms with E-state index in [2.05, 4.69) is 10.2 Å². The number of hydrogen-bond acceptors (Lipinski definition) is 3. The molecule has 0 aliphatic heterocycles. The third kappa shape index (κ3) is 2.80. The van der Waals surface area contributed by atoms with Gasteiger partial charge in [-0.2, -0.15) is 23.4 Å². The summed E-state index contributed by atoms with van der Waals surface area (Å²) in [7, 11) is 0. The summed E-state index contributed by atoms with van der Waals surface area (Å²) >= 11 is 0. The van der Waals surface area contributed by atoms with Crippen LogP contribution < -0.4 is 0 Å². The van der Waals surface area contributed by atoms with Crippen LogP contribution in [0.15, 0.2) is 30.3 Å². The summed E-state index contributed by atoms with van der Waals surface area (Å²) in [4.78, 5) is 0. The fourth-order valence-electron chi connectivity index (χ4n) is 2.01. The van der Waals surface area contributed by atoms with Gasteiger partial charge in [-0.3, -0.25) is 0 Å². The molecule has 0 amide bonds. The molecule has 1 heterocycles. The monoisotopic (exact) mass is 282 g/mol. The van der Waals surface area contributed by atoms with E-state index in [4.69, 9.17) is 0 Å². The van der Waals surface area contributed by atoms with Crippen LogP contribution in [-0.4, -0.2) is 15.3 Å². The Balaban J connectivity index is 2.54. The minimum Gasteiger partial charge on any atom is -0.384 e. The number of halogens is 3. The molecule has 0 aliphatic carbocycles. The highest BCUT2D eigenvalue weighted by Gasteiger charge is 2.35. The van der Waals surface area contributed by atoms with E-state index in [-0.39, 0.29) is 5.56 Å². The van der Waals surface area contributed by atoms with Crippen LogP contribution in [0.5, 0.6) is 0 Å². The predicted molar refractivity (Wildman–Crippen MR) is 67.0 cm³/mol. The van der Waals surface area contributed by atoms with Gasteiger partial charge in [0.15, 0.2) is 0 Å². The van der Waals surface area contributed by atoms with Crippen LogP contribution in [0.25, 0.3) is 0 Å². The highest BCUT2D eigenvalue weighted by Crippen LogP contribution is 2.36. The van der Waals surface area contributed by atoms with Crippen LogP contribution in [0, 0.1) is 13.8 Å². The molecular formula is C14H13F3N2O. The fraction of sp³-hybridized carbons (Fsp3) is 0.286. The molecule has 20 heavy (non-hydrogen) atoms. The van der Waals surface area contributed by atoms with Crippen LogP contribution in [0.1, 0.15) is 34.2 Å². The molecule has 1 unspecified atom stereocenters. The molecule has 0 spiro atoms. The van der Waals surface area contributed by atoms with E-state index in [9.17, 15) is 18.3 Å². The van der Waals surface area contributed by atoms with Crippen molar-refractivity contribution in [1.82, 2.24) is 10.2 Å². The SMILES string of the molecule is Cc1cc(C(O)c2ccccc2C(F)(F)F)c(C)nn1. The molecule has 0 fully saturated rings. The van der Waals surface area contributed by atoms with E-state index in [1.165, 1.54) is 18.2 Å². The third-order valence-corrected chi connectivity index (χ3v) is 3.00. The Kier molecular flexibility index (Phi) is 3.76. The predicted octanol–water partition coefficient (Wildman–Crippen LogP) is 3.19. The summed E-state index contributed by atoms with van der Waals surface area (Å²) < 4.78 is 38.9. The average molecular weight is 282 g/mol. The lowest BCUT2D eigenvalue weighted by Gasteiger charge is -2.18. The maximum atomic E-state index is 13.0. The first-order valence-electron chi connectivity index (χ1n) is 5.95. The number of aryl methyl sites for hydroxylation is 2. The molecule has 2 rings (SSSR count). The largest absolute Gasteiger partial charge is 0.416 e. The van der Waals surface area contributed by atoms with Crippen molar-refractivity contribution in [2.24, 2.45) is 0 Å². The van der Waals surface area contributed by atoms with Gasteiger partial charge < -0.3 is 5.11 Å². The van der Waals surface area contributed by atoms with Crippen LogP contribution >= 0.6 is 0 Å². The van der Waals surface area contributed by atoms with Crippen LogP contribution in [0.4, 0.5) is 13.2 Å². The number of aromatic nitrogens is 2. The van der Waals surface area contributed by atoms with Gasteiger partial charge in [-0.1, -0.05) is 18.2 Å². The van der Waals surface area contributed by atoms with Crippen molar-refractivity contribution in [2.45, 2.75) is 26.1 Å². The maximum Gasteiger partial charge on any atom is 0.416 e. The minimum absolute atomic E-state index is 0.185. The Bertz CT molecular complexity index is 626. The van der Waals surface area contributed by atoms with E-state index in [0.29, 0.717) is 17.0 Å². The number of nitrogens with zero attached hydrogens (tertiary/aromatic N) is 2. The van der Waals surface area contributed by atoms with Gasteiger partial charge in [-0.25, -0.2) is 0 Å². The number of aliphatic hydroxyl groups is 1. The van der Waals surface area contributed by atoms with Crippen molar-refractivity contribution in [3.63, 3.8) is 0 Å². The number of benzene rings is 1. The topological polar surface area (TPSA) is 46.0 Å². The zero-order valence-electron chi connectivity index (χ0n) is 10.9. The highest BCUT2D eigenvalue weighted by molar-refractivity contribution is 5.38. The summed E-state index contributed by atoms with van der Waals surface area (Å²) in [5.41, 5.74) is 0.236. The molecule has 0 bridgehead atoms. The van der Waals surface area contributed by atoms with Crippen molar-refractivity contribution in [2.75, 3.05) is 0 Å². The third-order valence-electron chi connectivity index (χ3n) is 3.00. The van der Waals surface area contributed by atoms with Crippen molar-refractivity contribution >= 4 is 0 Å². The first-order valence-corrected chi connectivity index (χ1v) is 5.95. The van der Waals surface area contributed by atoms with E-state index in [1.807, 2.05) is 0 Å². The zero-order valence-corrected chi connectivity index (χ0v) is 10.9. The molecule has 0 radical (unpaired) electrons. The Morgan fingerprint density at radius 2 is 1.70 bits per heavy atom. The summed E-state index contributed by atoms with van der Waals surface area (Å²) in [5.74, 6) is 0. The van der Waals surface area contributed by atoms with Gasteiger partial charge in [0.1, 0.15) is 6.10 Å². The van der Waals surface area contributed by atoms with Gasteiger partial charge in [-0.05, 0) is 31.5 Å². The van der Waals surface area contributed by atoms with Crippen LogP contribution in [0.2, 0.25) is 0 Å². The quantitative estimate of drug-likeness (QED) is 0.920. The van der Waals surface area contributed by atoms with Crippen LogP contribution in [0.3, 0.4) is 0 Å². The fourth-order valence-corrected chi connectivity index (χ4v) is 2.01. The Labute approximate surface area is 114 Å². The van der Waals surface area contributed by atoms with Gasteiger partial charge in [0, 0.05) is 5.56 Å². The lowest BCUT2D eigenvalue weighted by Crippen LogP contribution is -2.14. The van der Waals surface area contributed by atoms with Crippen molar-refractivity contribution < 1.29 is 18.3 Å². The Hall–Kier alpha value is -1.95. The molecule has 0 saturated carbocycles. The number of aliphatic hydroxyl groups excluding tert-OH is 1. The normalized spacial score (nSPS) is 13.3. The summed E-state index contributed by atoms with van der Waals surface area (Å²) in [6.07, 6.45) is -5.90. The van der Waals surface area contributed by atoms with Gasteiger partial charge in [0.05, 0.1) is 17.0 Å². The minimum atomic E-state index is -4.51. The second-order valence-electron chi connectivity index (χ2n) is 4.51. The molecule has 0 aliphatic rings.